The largest absolute Gasteiger partial charge is 0.508 e. The highest BCUT2D eigenvalue weighted by Crippen LogP contribution is 2.31. The van der Waals surface area contributed by atoms with Gasteiger partial charge in [0.1, 0.15) is 11.5 Å². The first kappa shape index (κ1) is 22.1. The van der Waals surface area contributed by atoms with E-state index in [2.05, 4.69) is 47.6 Å². The molecule has 2 aromatic rings. The summed E-state index contributed by atoms with van der Waals surface area (Å²) in [6.07, 6.45) is 3.28. The lowest BCUT2D eigenvalue weighted by atomic mass is 9.91. The Labute approximate surface area is 159 Å². The Morgan fingerprint density at radius 2 is 1.15 bits per heavy atom. The van der Waals surface area contributed by atoms with Crippen molar-refractivity contribution >= 4 is 0 Å². The van der Waals surface area contributed by atoms with Gasteiger partial charge < -0.3 is 10.2 Å². The van der Waals surface area contributed by atoms with E-state index in [9.17, 15) is 10.2 Å². The van der Waals surface area contributed by atoms with Gasteiger partial charge in [-0.3, -0.25) is 0 Å². The molecule has 0 fully saturated rings. The number of hydrogen-bond donors (Lipinski definition) is 2. The third kappa shape index (κ3) is 6.09. The van der Waals surface area contributed by atoms with Crippen LogP contribution in [0, 0.1) is 0 Å². The first-order chi connectivity index (χ1) is 12.3. The maximum atomic E-state index is 9.79. The Bertz CT molecular complexity index is 663. The van der Waals surface area contributed by atoms with Crippen LogP contribution in [0.25, 0.3) is 0 Å². The average Bonchev–Trinajstić information content (AvgIpc) is 2.67. The zero-order chi connectivity index (χ0) is 19.7. The fourth-order valence-electron chi connectivity index (χ4n) is 2.85. The number of phenols is 2. The van der Waals surface area contributed by atoms with Crippen molar-refractivity contribution in [2.75, 3.05) is 0 Å². The highest BCUT2D eigenvalue weighted by molar-refractivity contribution is 5.39. The highest BCUT2D eigenvalue weighted by Gasteiger charge is 2.11. The van der Waals surface area contributed by atoms with Crippen molar-refractivity contribution in [3.8, 4) is 11.5 Å². The number of hydrogen-bond acceptors (Lipinski definition) is 2. The van der Waals surface area contributed by atoms with Crippen LogP contribution in [0.5, 0.6) is 11.5 Å². The van der Waals surface area contributed by atoms with Crippen molar-refractivity contribution in [1.29, 1.82) is 0 Å². The molecule has 3 unspecified atom stereocenters. The molecule has 144 valence electrons. The quantitative estimate of drug-likeness (QED) is 0.569. The zero-order valence-corrected chi connectivity index (χ0v) is 17.3. The third-order valence-corrected chi connectivity index (χ3v) is 5.46. The first-order valence-electron chi connectivity index (χ1n) is 9.96. The fourth-order valence-corrected chi connectivity index (χ4v) is 2.85. The van der Waals surface area contributed by atoms with Gasteiger partial charge in [0.2, 0.25) is 0 Å². The number of benzene rings is 2. The smallest absolute Gasteiger partial charge is 0.119 e. The lowest BCUT2D eigenvalue weighted by Gasteiger charge is -2.15. The molecule has 0 aliphatic rings. The van der Waals surface area contributed by atoms with E-state index in [4.69, 9.17) is 0 Å². The van der Waals surface area contributed by atoms with Gasteiger partial charge in [-0.1, -0.05) is 71.9 Å². The summed E-state index contributed by atoms with van der Waals surface area (Å²) in [5.41, 5.74) is 3.48. The van der Waals surface area contributed by atoms with Crippen molar-refractivity contribution in [3.05, 3.63) is 59.2 Å². The van der Waals surface area contributed by atoms with Crippen LogP contribution < -0.4 is 0 Å². The van der Waals surface area contributed by atoms with Crippen molar-refractivity contribution in [2.24, 2.45) is 0 Å². The number of rotatable bonds is 6. The van der Waals surface area contributed by atoms with E-state index in [1.807, 2.05) is 30.3 Å². The van der Waals surface area contributed by atoms with Gasteiger partial charge in [-0.25, -0.2) is 0 Å². The van der Waals surface area contributed by atoms with Crippen LogP contribution in [-0.2, 0) is 0 Å². The average molecular weight is 357 g/mol. The molecule has 2 nitrogen and oxygen atoms in total. The summed E-state index contributed by atoms with van der Waals surface area (Å²) in [7, 11) is 0. The molecule has 2 heteroatoms. The fraction of sp³-hybridized carbons (Fsp3) is 0.500. The molecular formula is C24H36O2. The van der Waals surface area contributed by atoms with Crippen LogP contribution >= 0.6 is 0 Å². The van der Waals surface area contributed by atoms with E-state index >= 15 is 0 Å². The predicted octanol–water partition coefficient (Wildman–Crippen LogP) is 7.32. The minimum Gasteiger partial charge on any atom is -0.508 e. The maximum absolute atomic E-state index is 9.79. The summed E-state index contributed by atoms with van der Waals surface area (Å²) in [6.45, 7) is 13.0. The molecule has 0 aliphatic carbocycles. The Hall–Kier alpha value is -1.96. The molecule has 26 heavy (non-hydrogen) atoms. The van der Waals surface area contributed by atoms with Crippen molar-refractivity contribution in [2.45, 2.75) is 78.6 Å². The molecule has 3 atom stereocenters. The zero-order valence-electron chi connectivity index (χ0n) is 17.3. The molecule has 2 rings (SSSR count). The van der Waals surface area contributed by atoms with E-state index < -0.39 is 0 Å². The van der Waals surface area contributed by atoms with Crippen LogP contribution in [0.15, 0.2) is 42.5 Å². The van der Waals surface area contributed by atoms with Crippen LogP contribution in [0.1, 0.15) is 95.2 Å². The predicted molar refractivity (Wildman–Crippen MR) is 112 cm³/mol. The van der Waals surface area contributed by atoms with Crippen LogP contribution in [-0.4, -0.2) is 10.2 Å². The van der Waals surface area contributed by atoms with Gasteiger partial charge in [0.25, 0.3) is 0 Å². The van der Waals surface area contributed by atoms with Crippen molar-refractivity contribution in [3.63, 3.8) is 0 Å². The monoisotopic (exact) mass is 356 g/mol. The summed E-state index contributed by atoms with van der Waals surface area (Å²) in [5.74, 6) is 2.33. The van der Waals surface area contributed by atoms with Crippen LogP contribution in [0.2, 0.25) is 0 Å². The van der Waals surface area contributed by atoms with Gasteiger partial charge in [0.05, 0.1) is 0 Å². The summed E-state index contributed by atoms with van der Waals surface area (Å²) in [4.78, 5) is 0. The van der Waals surface area contributed by atoms with E-state index in [1.165, 1.54) is 5.56 Å². The molecule has 0 heterocycles. The summed E-state index contributed by atoms with van der Waals surface area (Å²) >= 11 is 0. The van der Waals surface area contributed by atoms with E-state index in [0.29, 0.717) is 29.3 Å². The molecule has 0 radical (unpaired) electrons. The molecule has 0 saturated carbocycles. The SMILES string of the molecule is CCC(C)c1ccc(O)c(C(C)CC)c1.CCC(C)c1ccccc1O. The third-order valence-electron chi connectivity index (χ3n) is 5.46. The summed E-state index contributed by atoms with van der Waals surface area (Å²) < 4.78 is 0. The second kappa shape index (κ2) is 10.9. The van der Waals surface area contributed by atoms with Crippen molar-refractivity contribution < 1.29 is 10.2 Å². The van der Waals surface area contributed by atoms with Gasteiger partial charge in [0.15, 0.2) is 0 Å². The van der Waals surface area contributed by atoms with E-state index in [-0.39, 0.29) is 0 Å². The van der Waals surface area contributed by atoms with E-state index in [0.717, 1.165) is 30.4 Å². The molecule has 0 spiro atoms. The Morgan fingerprint density at radius 1 is 0.654 bits per heavy atom. The molecule has 0 saturated heterocycles. The lowest BCUT2D eigenvalue weighted by Crippen LogP contribution is -1.97. The van der Waals surface area contributed by atoms with Crippen LogP contribution in [0.3, 0.4) is 0 Å². The Balaban J connectivity index is 0.000000273. The second-order valence-electron chi connectivity index (χ2n) is 7.30. The number of aromatic hydroxyl groups is 2. The topological polar surface area (TPSA) is 40.5 Å². The van der Waals surface area contributed by atoms with Gasteiger partial charge in [0, 0.05) is 0 Å². The first-order valence-corrected chi connectivity index (χ1v) is 9.96. The molecule has 2 N–H and O–H groups in total. The Morgan fingerprint density at radius 3 is 1.69 bits per heavy atom. The summed E-state index contributed by atoms with van der Waals surface area (Å²) in [6, 6.07) is 13.6. The second-order valence-corrected chi connectivity index (χ2v) is 7.30. The summed E-state index contributed by atoms with van der Waals surface area (Å²) in [5, 5.41) is 19.2. The normalized spacial score (nSPS) is 14.1. The lowest BCUT2D eigenvalue weighted by molar-refractivity contribution is 0.461. The van der Waals surface area contributed by atoms with E-state index in [1.54, 1.807) is 6.07 Å². The van der Waals surface area contributed by atoms with Gasteiger partial charge in [-0.2, -0.15) is 0 Å². The Kier molecular flexibility index (Phi) is 9.26. The van der Waals surface area contributed by atoms with Gasteiger partial charge in [-0.05, 0) is 65.8 Å². The number of para-hydroxylation sites is 1. The van der Waals surface area contributed by atoms with Crippen molar-refractivity contribution in [1.82, 2.24) is 0 Å². The molecule has 0 bridgehead atoms. The minimum absolute atomic E-state index is 0.418. The minimum atomic E-state index is 0.418. The molecule has 0 amide bonds. The molecular weight excluding hydrogens is 320 g/mol. The van der Waals surface area contributed by atoms with Gasteiger partial charge >= 0.3 is 0 Å². The standard InChI is InChI=1S/C14H22O.C10H14O/c1-5-10(3)12-7-8-14(15)13(9-12)11(4)6-2;1-3-8(2)9-6-4-5-7-10(9)11/h7-11,15H,5-6H2,1-4H3;4-8,11H,3H2,1-2H3. The molecule has 0 aromatic heterocycles. The molecule has 2 aromatic carbocycles. The molecule has 0 aliphatic heterocycles. The van der Waals surface area contributed by atoms with Gasteiger partial charge in [-0.15, -0.1) is 0 Å². The maximum Gasteiger partial charge on any atom is 0.119 e. The van der Waals surface area contributed by atoms with Crippen LogP contribution in [0.4, 0.5) is 0 Å². The highest BCUT2D eigenvalue weighted by atomic mass is 16.3. The number of phenolic OH excluding ortho intramolecular Hbond substituents is 2.